The van der Waals surface area contributed by atoms with Gasteiger partial charge in [-0.2, -0.15) is 0 Å². The first-order valence-corrected chi connectivity index (χ1v) is 6.24. The zero-order chi connectivity index (χ0) is 13.9. The van der Waals surface area contributed by atoms with E-state index in [2.05, 4.69) is 0 Å². The zero-order valence-electron chi connectivity index (χ0n) is 10.8. The summed E-state index contributed by atoms with van der Waals surface area (Å²) < 4.78 is 4.94. The molecule has 1 amide bonds. The van der Waals surface area contributed by atoms with Crippen LogP contribution in [0.2, 0.25) is 0 Å². The molecule has 102 valence electrons. The van der Waals surface area contributed by atoms with Crippen molar-refractivity contribution in [3.05, 3.63) is 35.9 Å². The van der Waals surface area contributed by atoms with Crippen LogP contribution in [0.25, 0.3) is 0 Å². The number of carbonyl (C=O) groups excluding carboxylic acids is 1. The summed E-state index contributed by atoms with van der Waals surface area (Å²) >= 11 is 0. The highest BCUT2D eigenvalue weighted by Crippen LogP contribution is 2.30. The van der Waals surface area contributed by atoms with Crippen LogP contribution in [-0.4, -0.2) is 41.6 Å². The van der Waals surface area contributed by atoms with Crippen LogP contribution in [0.3, 0.4) is 0 Å². The molecule has 0 saturated carbocycles. The fourth-order valence-corrected chi connectivity index (χ4v) is 2.08. The van der Waals surface area contributed by atoms with Crippen molar-refractivity contribution in [3.63, 3.8) is 0 Å². The second-order valence-corrected chi connectivity index (χ2v) is 4.68. The summed E-state index contributed by atoms with van der Waals surface area (Å²) in [6.07, 6.45) is 0. The Hall–Kier alpha value is -1.88. The molecule has 1 fully saturated rings. The Bertz CT molecular complexity index is 468. The normalized spacial score (nSPS) is 16.5. The number of hydrogen-bond acceptors (Lipinski definition) is 3. The minimum atomic E-state index is -1.38. The number of ether oxygens (including phenoxy) is 1. The number of benzene rings is 1. The van der Waals surface area contributed by atoms with Crippen molar-refractivity contribution in [2.45, 2.75) is 13.5 Å². The standard InChI is InChI=1S/C14H17NO4/c1-2-15(8-11-6-4-3-5-7-11)12(16)14(13(17)18)9-19-10-14/h3-7H,2,8-10H2,1H3,(H,17,18). The highest BCUT2D eigenvalue weighted by atomic mass is 16.5. The highest BCUT2D eigenvalue weighted by Gasteiger charge is 2.54. The molecule has 1 saturated heterocycles. The molecule has 2 rings (SSSR count). The summed E-state index contributed by atoms with van der Waals surface area (Å²) in [6.45, 7) is 2.67. The van der Waals surface area contributed by atoms with Gasteiger partial charge in [0.25, 0.3) is 0 Å². The molecule has 19 heavy (non-hydrogen) atoms. The van der Waals surface area contributed by atoms with Gasteiger partial charge in [0.1, 0.15) is 0 Å². The Balaban J connectivity index is 2.13. The van der Waals surface area contributed by atoms with Crippen molar-refractivity contribution in [2.24, 2.45) is 5.41 Å². The van der Waals surface area contributed by atoms with Gasteiger partial charge >= 0.3 is 5.97 Å². The fraction of sp³-hybridized carbons (Fsp3) is 0.429. The maximum absolute atomic E-state index is 12.4. The average molecular weight is 263 g/mol. The lowest BCUT2D eigenvalue weighted by molar-refractivity contribution is -0.191. The van der Waals surface area contributed by atoms with E-state index >= 15 is 0 Å². The molecule has 0 bridgehead atoms. The van der Waals surface area contributed by atoms with E-state index in [9.17, 15) is 14.7 Å². The Labute approximate surface area is 111 Å². The molecular formula is C14H17NO4. The van der Waals surface area contributed by atoms with Gasteiger partial charge in [0.05, 0.1) is 13.2 Å². The Morgan fingerprint density at radius 1 is 1.32 bits per heavy atom. The monoisotopic (exact) mass is 263 g/mol. The molecule has 5 nitrogen and oxygen atoms in total. The van der Waals surface area contributed by atoms with Gasteiger partial charge in [0.2, 0.25) is 5.91 Å². The molecule has 5 heteroatoms. The number of carbonyl (C=O) groups is 2. The molecule has 0 unspecified atom stereocenters. The maximum atomic E-state index is 12.4. The summed E-state index contributed by atoms with van der Waals surface area (Å²) in [4.78, 5) is 25.2. The van der Waals surface area contributed by atoms with Crippen molar-refractivity contribution in [1.82, 2.24) is 4.90 Å². The maximum Gasteiger partial charge on any atom is 0.324 e. The zero-order valence-corrected chi connectivity index (χ0v) is 10.8. The van der Waals surface area contributed by atoms with Gasteiger partial charge in [-0.05, 0) is 12.5 Å². The smallest absolute Gasteiger partial charge is 0.324 e. The lowest BCUT2D eigenvalue weighted by atomic mass is 9.84. The largest absolute Gasteiger partial charge is 0.480 e. The van der Waals surface area contributed by atoms with E-state index in [1.807, 2.05) is 37.3 Å². The molecule has 1 aliphatic rings. The van der Waals surface area contributed by atoms with Crippen molar-refractivity contribution in [3.8, 4) is 0 Å². The molecule has 1 aromatic rings. The molecule has 1 aromatic carbocycles. The Morgan fingerprint density at radius 3 is 2.37 bits per heavy atom. The lowest BCUT2D eigenvalue weighted by Crippen LogP contribution is -2.59. The van der Waals surface area contributed by atoms with Gasteiger partial charge in [-0.25, -0.2) is 0 Å². The average Bonchev–Trinajstić information content (AvgIpc) is 2.35. The SMILES string of the molecule is CCN(Cc1ccccc1)C(=O)C1(C(=O)O)COC1. The van der Waals surface area contributed by atoms with E-state index in [4.69, 9.17) is 4.74 Å². The number of amides is 1. The van der Waals surface area contributed by atoms with E-state index in [-0.39, 0.29) is 19.1 Å². The predicted octanol–water partition coefficient (Wildman–Crippen LogP) is 1.14. The molecule has 1 aliphatic heterocycles. The molecule has 0 aromatic heterocycles. The molecule has 1 heterocycles. The molecular weight excluding hydrogens is 246 g/mol. The van der Waals surface area contributed by atoms with Gasteiger partial charge < -0.3 is 14.7 Å². The summed E-state index contributed by atoms with van der Waals surface area (Å²) in [5.74, 6) is -1.46. The van der Waals surface area contributed by atoms with Crippen LogP contribution in [0.4, 0.5) is 0 Å². The molecule has 1 N–H and O–H groups in total. The number of aliphatic carboxylic acids is 1. The third-order valence-electron chi connectivity index (χ3n) is 3.40. The predicted molar refractivity (Wildman–Crippen MR) is 68.4 cm³/mol. The van der Waals surface area contributed by atoms with E-state index < -0.39 is 11.4 Å². The van der Waals surface area contributed by atoms with Crippen molar-refractivity contribution in [1.29, 1.82) is 0 Å². The van der Waals surface area contributed by atoms with Gasteiger partial charge in [-0.3, -0.25) is 9.59 Å². The number of rotatable bonds is 5. The lowest BCUT2D eigenvalue weighted by Gasteiger charge is -2.39. The van der Waals surface area contributed by atoms with Crippen LogP contribution in [0.5, 0.6) is 0 Å². The van der Waals surface area contributed by atoms with Crippen molar-refractivity contribution in [2.75, 3.05) is 19.8 Å². The summed E-state index contributed by atoms with van der Waals surface area (Å²) in [5.41, 5.74) is -0.399. The first kappa shape index (κ1) is 13.5. The van der Waals surface area contributed by atoms with Gasteiger partial charge in [-0.1, -0.05) is 30.3 Å². The summed E-state index contributed by atoms with van der Waals surface area (Å²) in [6, 6.07) is 9.53. The van der Waals surface area contributed by atoms with Crippen LogP contribution in [0, 0.1) is 5.41 Å². The second-order valence-electron chi connectivity index (χ2n) is 4.68. The van der Waals surface area contributed by atoms with Crippen LogP contribution < -0.4 is 0 Å². The second kappa shape index (κ2) is 5.40. The van der Waals surface area contributed by atoms with E-state index in [1.54, 1.807) is 4.90 Å². The number of carboxylic acid groups (broad SMARTS) is 1. The molecule has 0 radical (unpaired) electrons. The number of nitrogens with zero attached hydrogens (tertiary/aromatic N) is 1. The van der Waals surface area contributed by atoms with E-state index in [0.717, 1.165) is 5.56 Å². The third-order valence-corrected chi connectivity index (χ3v) is 3.40. The van der Waals surface area contributed by atoms with Crippen LogP contribution >= 0.6 is 0 Å². The molecule has 0 aliphatic carbocycles. The first-order valence-electron chi connectivity index (χ1n) is 6.24. The van der Waals surface area contributed by atoms with Crippen LogP contribution in [-0.2, 0) is 20.9 Å². The number of hydrogen-bond donors (Lipinski definition) is 1. The summed E-state index contributed by atoms with van der Waals surface area (Å²) in [7, 11) is 0. The molecule has 0 atom stereocenters. The summed E-state index contributed by atoms with van der Waals surface area (Å²) in [5, 5.41) is 9.24. The minimum Gasteiger partial charge on any atom is -0.480 e. The Kier molecular flexibility index (Phi) is 3.85. The van der Waals surface area contributed by atoms with Gasteiger partial charge in [-0.15, -0.1) is 0 Å². The van der Waals surface area contributed by atoms with Crippen LogP contribution in [0.1, 0.15) is 12.5 Å². The van der Waals surface area contributed by atoms with E-state index in [1.165, 1.54) is 0 Å². The first-order chi connectivity index (χ1) is 9.10. The van der Waals surface area contributed by atoms with E-state index in [0.29, 0.717) is 13.1 Å². The van der Waals surface area contributed by atoms with Crippen molar-refractivity contribution < 1.29 is 19.4 Å². The van der Waals surface area contributed by atoms with Gasteiger partial charge in [0.15, 0.2) is 5.41 Å². The quantitative estimate of drug-likeness (QED) is 0.809. The molecule has 0 spiro atoms. The fourth-order valence-electron chi connectivity index (χ4n) is 2.08. The number of carboxylic acids is 1. The van der Waals surface area contributed by atoms with Crippen LogP contribution in [0.15, 0.2) is 30.3 Å². The minimum absolute atomic E-state index is 0.0353. The third kappa shape index (κ3) is 2.46. The van der Waals surface area contributed by atoms with Crippen molar-refractivity contribution >= 4 is 11.9 Å². The topological polar surface area (TPSA) is 66.8 Å². The highest BCUT2D eigenvalue weighted by molar-refractivity contribution is 6.03. The van der Waals surface area contributed by atoms with Gasteiger partial charge in [0, 0.05) is 13.1 Å². The Morgan fingerprint density at radius 2 is 1.95 bits per heavy atom.